The number of fused-ring (bicyclic) bond motifs is 1. The first-order chi connectivity index (χ1) is 11.2. The van der Waals surface area contributed by atoms with E-state index in [1.165, 1.54) is 5.69 Å². The van der Waals surface area contributed by atoms with Crippen LogP contribution < -0.4 is 0 Å². The minimum Gasteiger partial charge on any atom is -0.342 e. The highest BCUT2D eigenvalue weighted by molar-refractivity contribution is 5.79. The summed E-state index contributed by atoms with van der Waals surface area (Å²) in [5, 5.41) is 0. The van der Waals surface area contributed by atoms with Crippen molar-refractivity contribution < 1.29 is 4.79 Å². The predicted molar refractivity (Wildman–Crippen MR) is 90.4 cm³/mol. The topological polar surface area (TPSA) is 50.5 Å². The first-order valence-corrected chi connectivity index (χ1v) is 8.72. The van der Waals surface area contributed by atoms with Crippen LogP contribution in [0.2, 0.25) is 0 Å². The summed E-state index contributed by atoms with van der Waals surface area (Å²) in [6, 6.07) is 0. The molecule has 0 saturated carbocycles. The molecule has 1 aliphatic rings. The van der Waals surface area contributed by atoms with Gasteiger partial charge in [0.05, 0.1) is 17.9 Å². The SMILES string of the molecule is CCC(CC)C(=O)N1CCC[C@H](c2cncc3cnc(C)n23)C1. The number of imidazole rings is 1. The van der Waals surface area contributed by atoms with E-state index < -0.39 is 0 Å². The fourth-order valence-electron chi connectivity index (χ4n) is 3.74. The van der Waals surface area contributed by atoms with E-state index in [9.17, 15) is 4.79 Å². The lowest BCUT2D eigenvalue weighted by Crippen LogP contribution is -2.42. The van der Waals surface area contributed by atoms with Gasteiger partial charge >= 0.3 is 0 Å². The third-order valence-electron chi connectivity index (χ3n) is 5.12. The van der Waals surface area contributed by atoms with Crippen LogP contribution in [0.15, 0.2) is 18.6 Å². The summed E-state index contributed by atoms with van der Waals surface area (Å²) in [6.45, 7) is 7.92. The normalized spacial score (nSPS) is 18.8. The molecule has 1 atom stereocenters. The Labute approximate surface area is 137 Å². The van der Waals surface area contributed by atoms with Crippen molar-refractivity contribution >= 4 is 11.4 Å². The summed E-state index contributed by atoms with van der Waals surface area (Å²) in [5.41, 5.74) is 2.21. The van der Waals surface area contributed by atoms with Crippen molar-refractivity contribution in [1.29, 1.82) is 0 Å². The Morgan fingerprint density at radius 2 is 2.09 bits per heavy atom. The van der Waals surface area contributed by atoms with Gasteiger partial charge in [0.2, 0.25) is 5.91 Å². The summed E-state index contributed by atoms with van der Waals surface area (Å²) in [5.74, 6) is 1.81. The molecule has 23 heavy (non-hydrogen) atoms. The van der Waals surface area contributed by atoms with Gasteiger partial charge in [0.15, 0.2) is 0 Å². The first kappa shape index (κ1) is 16.0. The number of amides is 1. The zero-order chi connectivity index (χ0) is 16.4. The molecule has 0 spiro atoms. The highest BCUT2D eigenvalue weighted by atomic mass is 16.2. The lowest BCUT2D eigenvalue weighted by atomic mass is 9.92. The maximum absolute atomic E-state index is 12.7. The zero-order valence-corrected chi connectivity index (χ0v) is 14.3. The Bertz CT molecular complexity index is 689. The van der Waals surface area contributed by atoms with E-state index in [2.05, 4.69) is 33.1 Å². The van der Waals surface area contributed by atoms with Gasteiger partial charge in [-0.3, -0.25) is 14.2 Å². The summed E-state index contributed by atoms with van der Waals surface area (Å²) in [7, 11) is 0. The Balaban J connectivity index is 1.86. The maximum atomic E-state index is 12.7. The highest BCUT2D eigenvalue weighted by Crippen LogP contribution is 2.29. The number of likely N-dealkylation sites (tertiary alicyclic amines) is 1. The van der Waals surface area contributed by atoms with Gasteiger partial charge in [-0.25, -0.2) is 4.98 Å². The van der Waals surface area contributed by atoms with Gasteiger partial charge in [0.1, 0.15) is 5.82 Å². The minimum atomic E-state index is 0.164. The molecular formula is C18H26N4O. The number of hydrogen-bond acceptors (Lipinski definition) is 3. The Morgan fingerprint density at radius 3 is 2.83 bits per heavy atom. The molecule has 5 nitrogen and oxygen atoms in total. The van der Waals surface area contributed by atoms with E-state index in [0.29, 0.717) is 11.8 Å². The summed E-state index contributed by atoms with van der Waals surface area (Å²) in [6.07, 6.45) is 9.66. The van der Waals surface area contributed by atoms with E-state index in [0.717, 1.165) is 50.1 Å². The van der Waals surface area contributed by atoms with E-state index in [1.807, 2.05) is 25.5 Å². The van der Waals surface area contributed by atoms with Gasteiger partial charge in [0.25, 0.3) is 0 Å². The van der Waals surface area contributed by atoms with Gasteiger partial charge in [-0.15, -0.1) is 0 Å². The van der Waals surface area contributed by atoms with Crippen molar-refractivity contribution in [2.45, 2.75) is 52.4 Å². The lowest BCUT2D eigenvalue weighted by molar-refractivity contribution is -0.137. The Morgan fingerprint density at radius 1 is 1.30 bits per heavy atom. The van der Waals surface area contributed by atoms with Gasteiger partial charge < -0.3 is 4.90 Å². The smallest absolute Gasteiger partial charge is 0.225 e. The average Bonchev–Trinajstić information content (AvgIpc) is 2.97. The number of carbonyl (C=O) groups excluding carboxylic acids is 1. The third-order valence-corrected chi connectivity index (χ3v) is 5.12. The first-order valence-electron chi connectivity index (χ1n) is 8.72. The quantitative estimate of drug-likeness (QED) is 0.871. The van der Waals surface area contributed by atoms with Crippen molar-refractivity contribution in [3.63, 3.8) is 0 Å². The van der Waals surface area contributed by atoms with E-state index in [1.54, 1.807) is 0 Å². The van der Waals surface area contributed by atoms with Crippen LogP contribution in [0.3, 0.4) is 0 Å². The third kappa shape index (κ3) is 2.96. The van der Waals surface area contributed by atoms with Crippen molar-refractivity contribution in [3.8, 4) is 0 Å². The Kier molecular flexibility index (Phi) is 4.64. The molecule has 1 fully saturated rings. The van der Waals surface area contributed by atoms with Gasteiger partial charge in [-0.05, 0) is 32.6 Å². The van der Waals surface area contributed by atoms with Crippen LogP contribution in [0, 0.1) is 12.8 Å². The fourth-order valence-corrected chi connectivity index (χ4v) is 3.74. The fraction of sp³-hybridized carbons (Fsp3) is 0.611. The van der Waals surface area contributed by atoms with Crippen molar-refractivity contribution in [2.24, 2.45) is 5.92 Å². The van der Waals surface area contributed by atoms with E-state index in [4.69, 9.17) is 0 Å². The number of aromatic nitrogens is 3. The molecule has 1 aliphatic heterocycles. The number of aryl methyl sites for hydroxylation is 1. The van der Waals surface area contributed by atoms with Crippen LogP contribution >= 0.6 is 0 Å². The number of hydrogen-bond donors (Lipinski definition) is 0. The molecule has 3 heterocycles. The molecule has 0 aromatic carbocycles. The van der Waals surface area contributed by atoms with E-state index in [-0.39, 0.29) is 5.92 Å². The molecule has 2 aromatic heterocycles. The molecule has 0 aliphatic carbocycles. The van der Waals surface area contributed by atoms with E-state index >= 15 is 0 Å². The van der Waals surface area contributed by atoms with Crippen LogP contribution in [0.5, 0.6) is 0 Å². The molecule has 124 valence electrons. The van der Waals surface area contributed by atoms with Gasteiger partial charge in [-0.1, -0.05) is 13.8 Å². The van der Waals surface area contributed by atoms with Crippen molar-refractivity contribution in [1.82, 2.24) is 19.3 Å². The van der Waals surface area contributed by atoms with Crippen molar-refractivity contribution in [2.75, 3.05) is 13.1 Å². The second-order valence-electron chi connectivity index (χ2n) is 6.53. The monoisotopic (exact) mass is 314 g/mol. The number of nitrogens with zero attached hydrogens (tertiary/aromatic N) is 4. The highest BCUT2D eigenvalue weighted by Gasteiger charge is 2.29. The molecular weight excluding hydrogens is 288 g/mol. The number of piperidine rings is 1. The largest absolute Gasteiger partial charge is 0.342 e. The molecule has 3 rings (SSSR count). The van der Waals surface area contributed by atoms with Gasteiger partial charge in [-0.2, -0.15) is 0 Å². The van der Waals surface area contributed by atoms with Crippen LogP contribution in [0.1, 0.15) is 57.0 Å². The Hall–Kier alpha value is -1.91. The molecule has 2 aromatic rings. The van der Waals surface area contributed by atoms with Crippen molar-refractivity contribution in [3.05, 3.63) is 30.1 Å². The molecule has 0 bridgehead atoms. The van der Waals surface area contributed by atoms with Gasteiger partial charge in [0, 0.05) is 36.8 Å². The molecule has 0 unspecified atom stereocenters. The van der Waals surface area contributed by atoms with Crippen LogP contribution in [-0.2, 0) is 4.79 Å². The molecule has 1 amide bonds. The maximum Gasteiger partial charge on any atom is 0.225 e. The summed E-state index contributed by atoms with van der Waals surface area (Å²) < 4.78 is 2.18. The van der Waals surface area contributed by atoms with Crippen LogP contribution in [-0.4, -0.2) is 38.3 Å². The number of rotatable bonds is 4. The minimum absolute atomic E-state index is 0.164. The van der Waals surface area contributed by atoms with Crippen LogP contribution in [0.25, 0.3) is 5.52 Å². The molecule has 0 N–H and O–H groups in total. The molecule has 0 radical (unpaired) electrons. The number of carbonyl (C=O) groups is 1. The predicted octanol–water partition coefficient (Wildman–Crippen LogP) is 3.18. The average molecular weight is 314 g/mol. The zero-order valence-electron chi connectivity index (χ0n) is 14.3. The van der Waals surface area contributed by atoms with Crippen LogP contribution in [0.4, 0.5) is 0 Å². The lowest BCUT2D eigenvalue weighted by Gasteiger charge is -2.35. The second-order valence-corrected chi connectivity index (χ2v) is 6.53. The summed E-state index contributed by atoms with van der Waals surface area (Å²) in [4.78, 5) is 23.6. The second kappa shape index (κ2) is 6.69. The molecule has 5 heteroatoms. The standard InChI is InChI=1S/C18H26N4O/c1-4-14(5-2)18(23)21-8-6-7-15(12-21)17-11-19-9-16-10-20-13(3)22(16)17/h9-11,14-15H,4-8,12H2,1-3H3/t15-/m0/s1. The molecule has 1 saturated heterocycles. The summed E-state index contributed by atoms with van der Waals surface area (Å²) >= 11 is 0.